The number of aromatic nitrogens is 2. The van der Waals surface area contributed by atoms with Gasteiger partial charge in [0.2, 0.25) is 0 Å². The minimum atomic E-state index is 0.0568. The largest absolute Gasteiger partial charge is 0.336 e. The van der Waals surface area contributed by atoms with Gasteiger partial charge in [-0.3, -0.25) is 4.79 Å². The highest BCUT2D eigenvalue weighted by Gasteiger charge is 2.30. The van der Waals surface area contributed by atoms with Gasteiger partial charge in [-0.2, -0.15) is 0 Å². The molecule has 1 heterocycles. The first-order valence-corrected chi connectivity index (χ1v) is 6.90. The van der Waals surface area contributed by atoms with Crippen LogP contribution in [0, 0.1) is 0 Å². The Bertz CT molecular complexity index is 404. The summed E-state index contributed by atoms with van der Waals surface area (Å²) in [5.74, 6) is 0.0568. The van der Waals surface area contributed by atoms with E-state index in [4.69, 9.17) is 0 Å². The molecule has 0 aromatic carbocycles. The average Bonchev–Trinajstić information content (AvgIpc) is 2.74. The van der Waals surface area contributed by atoms with Crippen LogP contribution in [-0.4, -0.2) is 38.3 Å². The number of halogens is 1. The third-order valence-electron chi connectivity index (χ3n) is 3.50. The molecule has 1 fully saturated rings. The number of rotatable bonds is 2. The van der Waals surface area contributed by atoms with E-state index < -0.39 is 0 Å². The van der Waals surface area contributed by atoms with Crippen LogP contribution in [0.3, 0.4) is 0 Å². The third kappa shape index (κ3) is 2.54. The highest BCUT2D eigenvalue weighted by atomic mass is 79.9. The van der Waals surface area contributed by atoms with Gasteiger partial charge in [-0.05, 0) is 12.8 Å². The third-order valence-corrected chi connectivity index (χ3v) is 4.57. The number of alkyl halides is 1. The molecule has 1 aliphatic rings. The Balaban J connectivity index is 2.11. The number of nitrogens with zero attached hydrogens (tertiary/aromatic N) is 3. The van der Waals surface area contributed by atoms with Crippen molar-refractivity contribution in [1.29, 1.82) is 0 Å². The molecule has 17 heavy (non-hydrogen) atoms. The first-order valence-electron chi connectivity index (χ1n) is 5.99. The van der Waals surface area contributed by atoms with Crippen molar-refractivity contribution in [3.05, 3.63) is 18.2 Å². The van der Waals surface area contributed by atoms with Gasteiger partial charge in [-0.1, -0.05) is 28.8 Å². The number of hydrogen-bond acceptors (Lipinski definition) is 2. The predicted molar refractivity (Wildman–Crippen MR) is 70.3 cm³/mol. The lowest BCUT2D eigenvalue weighted by Crippen LogP contribution is -2.44. The maximum absolute atomic E-state index is 12.3. The SMILES string of the molecule is CN(C(=O)c1cncn1C)C1CCCCC1Br. The van der Waals surface area contributed by atoms with Gasteiger partial charge in [0.15, 0.2) is 0 Å². The standard InChI is InChI=1S/C12H18BrN3O/c1-15-8-14-7-11(15)12(17)16(2)10-6-4-3-5-9(10)13/h7-10H,3-6H2,1-2H3. The average molecular weight is 300 g/mol. The van der Waals surface area contributed by atoms with Crippen LogP contribution in [0.15, 0.2) is 12.5 Å². The Labute approximate surface area is 110 Å². The quantitative estimate of drug-likeness (QED) is 0.785. The van der Waals surface area contributed by atoms with Crippen LogP contribution < -0.4 is 0 Å². The highest BCUT2D eigenvalue weighted by molar-refractivity contribution is 9.09. The van der Waals surface area contributed by atoms with Crippen molar-refractivity contribution in [3.63, 3.8) is 0 Å². The van der Waals surface area contributed by atoms with E-state index in [1.54, 1.807) is 17.1 Å². The lowest BCUT2D eigenvalue weighted by molar-refractivity contribution is 0.0695. The fraction of sp³-hybridized carbons (Fsp3) is 0.667. The van der Waals surface area contributed by atoms with Crippen molar-refractivity contribution in [2.45, 2.75) is 36.6 Å². The topological polar surface area (TPSA) is 38.1 Å². The van der Waals surface area contributed by atoms with Crippen molar-refractivity contribution in [2.24, 2.45) is 7.05 Å². The van der Waals surface area contributed by atoms with Crippen LogP contribution in [0.2, 0.25) is 0 Å². The second-order valence-electron chi connectivity index (χ2n) is 4.67. The van der Waals surface area contributed by atoms with Crippen molar-refractivity contribution >= 4 is 21.8 Å². The van der Waals surface area contributed by atoms with Crippen molar-refractivity contribution < 1.29 is 4.79 Å². The Morgan fingerprint density at radius 3 is 2.82 bits per heavy atom. The van der Waals surface area contributed by atoms with Crippen LogP contribution in [0.4, 0.5) is 0 Å². The molecule has 1 aromatic rings. The molecule has 0 N–H and O–H groups in total. The van der Waals surface area contributed by atoms with E-state index in [0.29, 0.717) is 16.6 Å². The molecule has 0 aliphatic heterocycles. The Morgan fingerprint density at radius 1 is 1.53 bits per heavy atom. The second kappa shape index (κ2) is 5.21. The van der Waals surface area contributed by atoms with E-state index in [9.17, 15) is 4.79 Å². The summed E-state index contributed by atoms with van der Waals surface area (Å²) in [7, 11) is 3.74. The van der Waals surface area contributed by atoms with Crippen LogP contribution in [0.25, 0.3) is 0 Å². The molecule has 2 rings (SSSR count). The Kier molecular flexibility index (Phi) is 3.86. The van der Waals surface area contributed by atoms with E-state index >= 15 is 0 Å². The highest BCUT2D eigenvalue weighted by Crippen LogP contribution is 2.28. The summed E-state index contributed by atoms with van der Waals surface area (Å²) < 4.78 is 1.77. The minimum absolute atomic E-state index is 0.0568. The fourth-order valence-electron chi connectivity index (χ4n) is 2.40. The predicted octanol–water partition coefficient (Wildman–Crippen LogP) is 2.20. The summed E-state index contributed by atoms with van der Waals surface area (Å²) in [4.78, 5) is 18.6. The van der Waals surface area contributed by atoms with E-state index in [1.165, 1.54) is 12.8 Å². The lowest BCUT2D eigenvalue weighted by atomic mass is 9.94. The molecule has 1 aromatic heterocycles. The number of imidazole rings is 1. The van der Waals surface area contributed by atoms with Gasteiger partial charge in [-0.25, -0.2) is 4.98 Å². The summed E-state index contributed by atoms with van der Waals surface area (Å²) in [5.41, 5.74) is 0.651. The Hall–Kier alpha value is -0.840. The summed E-state index contributed by atoms with van der Waals surface area (Å²) >= 11 is 3.69. The number of amides is 1. The van der Waals surface area contributed by atoms with Crippen LogP contribution >= 0.6 is 15.9 Å². The first-order chi connectivity index (χ1) is 8.11. The molecule has 94 valence electrons. The van der Waals surface area contributed by atoms with E-state index in [2.05, 4.69) is 20.9 Å². The number of hydrogen-bond donors (Lipinski definition) is 0. The van der Waals surface area contributed by atoms with Gasteiger partial charge in [0, 0.05) is 25.0 Å². The first kappa shape index (κ1) is 12.6. The molecule has 5 heteroatoms. The van der Waals surface area contributed by atoms with Gasteiger partial charge in [0.1, 0.15) is 5.69 Å². The van der Waals surface area contributed by atoms with Crippen LogP contribution in [-0.2, 0) is 7.05 Å². The number of carbonyl (C=O) groups excluding carboxylic acids is 1. The smallest absolute Gasteiger partial charge is 0.272 e. The lowest BCUT2D eigenvalue weighted by Gasteiger charge is -2.35. The zero-order valence-electron chi connectivity index (χ0n) is 10.3. The van der Waals surface area contributed by atoms with Crippen LogP contribution in [0.5, 0.6) is 0 Å². The summed E-state index contributed by atoms with van der Waals surface area (Å²) in [6.07, 6.45) is 7.97. The Morgan fingerprint density at radius 2 is 2.24 bits per heavy atom. The molecule has 1 amide bonds. The zero-order chi connectivity index (χ0) is 12.4. The number of carbonyl (C=O) groups is 1. The molecule has 1 saturated carbocycles. The van der Waals surface area contributed by atoms with Gasteiger partial charge in [0.05, 0.1) is 12.5 Å². The molecule has 2 unspecified atom stereocenters. The molecular formula is C12H18BrN3O. The van der Waals surface area contributed by atoms with Gasteiger partial charge < -0.3 is 9.47 Å². The van der Waals surface area contributed by atoms with Gasteiger partial charge in [-0.15, -0.1) is 0 Å². The minimum Gasteiger partial charge on any atom is -0.336 e. The molecule has 2 atom stereocenters. The van der Waals surface area contributed by atoms with Crippen LogP contribution in [0.1, 0.15) is 36.2 Å². The summed E-state index contributed by atoms with van der Waals surface area (Å²) in [5, 5.41) is 0. The van der Waals surface area contributed by atoms with Crippen molar-refractivity contribution in [1.82, 2.24) is 14.5 Å². The molecule has 0 saturated heterocycles. The molecule has 0 radical (unpaired) electrons. The number of aryl methyl sites for hydroxylation is 1. The normalized spacial score (nSPS) is 24.6. The maximum Gasteiger partial charge on any atom is 0.272 e. The zero-order valence-corrected chi connectivity index (χ0v) is 11.9. The van der Waals surface area contributed by atoms with Crippen molar-refractivity contribution in [2.75, 3.05) is 7.05 Å². The molecule has 0 spiro atoms. The summed E-state index contributed by atoms with van der Waals surface area (Å²) in [6.45, 7) is 0. The summed E-state index contributed by atoms with van der Waals surface area (Å²) in [6, 6.07) is 0.297. The van der Waals surface area contributed by atoms with E-state index in [-0.39, 0.29) is 5.91 Å². The maximum atomic E-state index is 12.3. The second-order valence-corrected chi connectivity index (χ2v) is 5.85. The van der Waals surface area contributed by atoms with E-state index in [1.807, 2.05) is 19.0 Å². The molecule has 4 nitrogen and oxygen atoms in total. The molecule has 0 bridgehead atoms. The molecular weight excluding hydrogens is 282 g/mol. The fourth-order valence-corrected chi connectivity index (χ4v) is 3.34. The van der Waals surface area contributed by atoms with E-state index in [0.717, 1.165) is 12.8 Å². The van der Waals surface area contributed by atoms with Crippen molar-refractivity contribution in [3.8, 4) is 0 Å². The molecule has 1 aliphatic carbocycles. The monoisotopic (exact) mass is 299 g/mol. The van der Waals surface area contributed by atoms with Gasteiger partial charge in [0.25, 0.3) is 5.91 Å². The van der Waals surface area contributed by atoms with Gasteiger partial charge >= 0.3 is 0 Å².